The summed E-state index contributed by atoms with van der Waals surface area (Å²) in [5, 5.41) is 0. The van der Waals surface area contributed by atoms with E-state index in [4.69, 9.17) is 9.47 Å². The molecular formula is C23H33N3O6S. The lowest BCUT2D eigenvalue weighted by Gasteiger charge is -2.39. The molecule has 2 aliphatic heterocycles. The van der Waals surface area contributed by atoms with Gasteiger partial charge in [-0.05, 0) is 57.7 Å². The van der Waals surface area contributed by atoms with Crippen LogP contribution in [0.15, 0.2) is 23.1 Å². The number of carbonyl (C=O) groups is 2. The molecule has 2 amide bonds. The van der Waals surface area contributed by atoms with Gasteiger partial charge in [-0.2, -0.15) is 0 Å². The topological polar surface area (TPSA) is 105 Å². The van der Waals surface area contributed by atoms with Gasteiger partial charge in [-0.1, -0.05) is 0 Å². The summed E-state index contributed by atoms with van der Waals surface area (Å²) < 4.78 is 39.1. The fourth-order valence-electron chi connectivity index (χ4n) is 4.63. The molecule has 1 aromatic rings. The molecule has 3 fully saturated rings. The second-order valence-electron chi connectivity index (χ2n) is 9.33. The molecule has 1 saturated carbocycles. The van der Waals surface area contributed by atoms with E-state index < -0.39 is 10.0 Å². The van der Waals surface area contributed by atoms with Gasteiger partial charge in [0.2, 0.25) is 15.9 Å². The third-order valence-corrected chi connectivity index (χ3v) is 8.00. The van der Waals surface area contributed by atoms with Crippen molar-refractivity contribution in [3.63, 3.8) is 0 Å². The number of likely N-dealkylation sites (tertiary alicyclic amines) is 1. The first kappa shape index (κ1) is 24.0. The Morgan fingerprint density at radius 1 is 1.03 bits per heavy atom. The van der Waals surface area contributed by atoms with Gasteiger partial charge in [-0.25, -0.2) is 13.1 Å². The van der Waals surface area contributed by atoms with Crippen molar-refractivity contribution in [2.45, 2.75) is 62.7 Å². The molecule has 33 heavy (non-hydrogen) atoms. The molecule has 10 heteroatoms. The van der Waals surface area contributed by atoms with Crippen LogP contribution in [0, 0.1) is 5.92 Å². The summed E-state index contributed by atoms with van der Waals surface area (Å²) >= 11 is 0. The van der Waals surface area contributed by atoms with Crippen molar-refractivity contribution >= 4 is 21.8 Å². The predicted molar refractivity (Wildman–Crippen MR) is 122 cm³/mol. The van der Waals surface area contributed by atoms with Crippen LogP contribution in [0.3, 0.4) is 0 Å². The lowest BCUT2D eigenvalue weighted by atomic mass is 9.94. The maximum atomic E-state index is 13.1. The van der Waals surface area contributed by atoms with Crippen LogP contribution >= 0.6 is 0 Å². The van der Waals surface area contributed by atoms with E-state index >= 15 is 0 Å². The van der Waals surface area contributed by atoms with Crippen LogP contribution in [0.25, 0.3) is 0 Å². The highest BCUT2D eigenvalue weighted by atomic mass is 32.2. The molecule has 0 spiro atoms. The van der Waals surface area contributed by atoms with Crippen molar-refractivity contribution in [2.24, 2.45) is 5.92 Å². The molecule has 1 aliphatic carbocycles. The summed E-state index contributed by atoms with van der Waals surface area (Å²) in [6, 6.07) is 4.45. The van der Waals surface area contributed by atoms with Crippen molar-refractivity contribution in [3.05, 3.63) is 23.8 Å². The molecule has 0 radical (unpaired) electrons. The Bertz CT molecular complexity index is 991. The van der Waals surface area contributed by atoms with Crippen molar-refractivity contribution < 1.29 is 27.5 Å². The molecule has 0 aromatic heterocycles. The highest BCUT2D eigenvalue weighted by Gasteiger charge is 2.35. The van der Waals surface area contributed by atoms with Gasteiger partial charge in [0.25, 0.3) is 5.91 Å². The number of nitrogens with zero attached hydrogens (tertiary/aromatic N) is 2. The van der Waals surface area contributed by atoms with E-state index in [0.29, 0.717) is 44.6 Å². The summed E-state index contributed by atoms with van der Waals surface area (Å²) in [6.07, 6.45) is 2.86. The normalized spacial score (nSPS) is 24.6. The van der Waals surface area contributed by atoms with E-state index in [2.05, 4.69) is 4.72 Å². The average Bonchev–Trinajstić information content (AvgIpc) is 3.60. The van der Waals surface area contributed by atoms with Gasteiger partial charge in [0, 0.05) is 43.7 Å². The van der Waals surface area contributed by atoms with Gasteiger partial charge < -0.3 is 19.3 Å². The smallest absolute Gasteiger partial charge is 0.253 e. The number of piperidine rings is 1. The minimum absolute atomic E-state index is 0.0225. The van der Waals surface area contributed by atoms with Crippen LogP contribution in [-0.4, -0.2) is 81.6 Å². The van der Waals surface area contributed by atoms with Gasteiger partial charge >= 0.3 is 0 Å². The minimum Gasteiger partial charge on any atom is -0.495 e. The molecule has 3 aliphatic rings. The predicted octanol–water partition coefficient (Wildman–Crippen LogP) is 1.62. The number of sulfonamides is 1. The molecule has 9 nitrogen and oxygen atoms in total. The van der Waals surface area contributed by atoms with Gasteiger partial charge in [0.1, 0.15) is 10.6 Å². The largest absolute Gasteiger partial charge is 0.495 e. The monoisotopic (exact) mass is 479 g/mol. The SMILES string of the molecule is COc1ccc(C(=O)N2CCC(C(=O)N3C[C@@H](C)O[C@@H](C)C3)CC2)cc1S(=O)(=O)NC1CC1. The van der Waals surface area contributed by atoms with E-state index in [1.54, 1.807) is 11.0 Å². The third-order valence-electron chi connectivity index (χ3n) is 6.46. The standard InChI is InChI=1S/C23H33N3O6S/c1-15-13-26(14-16(2)32-15)22(27)17-8-10-25(11-9-17)23(28)18-4-7-20(31-3)21(12-18)33(29,30)24-19-5-6-19/h4,7,12,15-17,19,24H,5-6,8-11,13-14H2,1-3H3/t15-,16+. The number of hydrogen-bond donors (Lipinski definition) is 1. The zero-order valence-electron chi connectivity index (χ0n) is 19.5. The fraction of sp³-hybridized carbons (Fsp3) is 0.652. The fourth-order valence-corrected chi connectivity index (χ4v) is 6.13. The van der Waals surface area contributed by atoms with Crippen molar-refractivity contribution in [1.29, 1.82) is 0 Å². The van der Waals surface area contributed by atoms with Gasteiger partial charge in [0.15, 0.2) is 0 Å². The molecule has 182 valence electrons. The first-order valence-corrected chi connectivity index (χ1v) is 13.1. The van der Waals surface area contributed by atoms with Crippen LogP contribution in [-0.2, 0) is 19.6 Å². The van der Waals surface area contributed by atoms with Crippen molar-refractivity contribution in [2.75, 3.05) is 33.3 Å². The van der Waals surface area contributed by atoms with Gasteiger partial charge in [-0.3, -0.25) is 9.59 Å². The molecule has 2 saturated heterocycles. The second kappa shape index (κ2) is 9.60. The second-order valence-corrected chi connectivity index (χ2v) is 11.0. The Hall–Kier alpha value is -2.17. The Morgan fingerprint density at radius 3 is 2.24 bits per heavy atom. The Kier molecular flexibility index (Phi) is 6.97. The molecule has 1 aromatic carbocycles. The number of rotatable bonds is 6. The number of hydrogen-bond acceptors (Lipinski definition) is 6. The third kappa shape index (κ3) is 5.50. The number of methoxy groups -OCH3 is 1. The highest BCUT2D eigenvalue weighted by molar-refractivity contribution is 7.89. The van der Waals surface area contributed by atoms with Crippen LogP contribution in [0.5, 0.6) is 5.75 Å². The van der Waals surface area contributed by atoms with Crippen LogP contribution in [0.1, 0.15) is 49.9 Å². The van der Waals surface area contributed by atoms with E-state index in [9.17, 15) is 18.0 Å². The van der Waals surface area contributed by atoms with E-state index in [1.165, 1.54) is 19.2 Å². The molecule has 0 unspecified atom stereocenters. The number of carbonyl (C=O) groups excluding carboxylic acids is 2. The molecular weight excluding hydrogens is 446 g/mol. The van der Waals surface area contributed by atoms with Crippen LogP contribution < -0.4 is 9.46 Å². The number of amides is 2. The van der Waals surface area contributed by atoms with Crippen molar-refractivity contribution in [1.82, 2.24) is 14.5 Å². The Balaban J connectivity index is 1.41. The Morgan fingerprint density at radius 2 is 1.67 bits per heavy atom. The zero-order valence-corrected chi connectivity index (χ0v) is 20.3. The maximum Gasteiger partial charge on any atom is 0.253 e. The zero-order chi connectivity index (χ0) is 23.8. The van der Waals surface area contributed by atoms with E-state index in [-0.39, 0.29) is 46.6 Å². The molecule has 2 heterocycles. The number of nitrogens with one attached hydrogen (secondary N) is 1. The maximum absolute atomic E-state index is 13.1. The van der Waals surface area contributed by atoms with Gasteiger partial charge in [0.05, 0.1) is 19.3 Å². The molecule has 1 N–H and O–H groups in total. The lowest BCUT2D eigenvalue weighted by molar-refractivity contribution is -0.148. The van der Waals surface area contributed by atoms with Crippen LogP contribution in [0.4, 0.5) is 0 Å². The van der Waals surface area contributed by atoms with E-state index in [0.717, 1.165) is 12.8 Å². The summed E-state index contributed by atoms with van der Waals surface area (Å²) in [5.41, 5.74) is 0.299. The summed E-state index contributed by atoms with van der Waals surface area (Å²) in [7, 11) is -2.37. The summed E-state index contributed by atoms with van der Waals surface area (Å²) in [5.74, 6) is -0.00723. The number of benzene rings is 1. The van der Waals surface area contributed by atoms with Crippen LogP contribution in [0.2, 0.25) is 0 Å². The van der Waals surface area contributed by atoms with E-state index in [1.807, 2.05) is 18.7 Å². The molecule has 0 bridgehead atoms. The first-order valence-electron chi connectivity index (χ1n) is 11.6. The number of morpholine rings is 1. The Labute approximate surface area is 195 Å². The van der Waals surface area contributed by atoms with Gasteiger partial charge in [-0.15, -0.1) is 0 Å². The first-order chi connectivity index (χ1) is 15.7. The quantitative estimate of drug-likeness (QED) is 0.665. The average molecular weight is 480 g/mol. The highest BCUT2D eigenvalue weighted by Crippen LogP contribution is 2.29. The molecule has 2 atom stereocenters. The lowest BCUT2D eigenvalue weighted by Crippen LogP contribution is -2.51. The number of ether oxygens (including phenoxy) is 2. The van der Waals surface area contributed by atoms with Crippen molar-refractivity contribution in [3.8, 4) is 5.75 Å². The minimum atomic E-state index is -3.77. The summed E-state index contributed by atoms with van der Waals surface area (Å²) in [4.78, 5) is 29.7. The molecule has 4 rings (SSSR count). The summed E-state index contributed by atoms with van der Waals surface area (Å²) in [6.45, 7) is 6.06.